The second kappa shape index (κ2) is 3.10. The molecule has 0 saturated carbocycles. The predicted molar refractivity (Wildman–Crippen MR) is 41.2 cm³/mol. The molecule has 0 aromatic rings. The maximum absolute atomic E-state index is 11.3. The van der Waals surface area contributed by atoms with Crippen LogP contribution >= 0.6 is 0 Å². The molecule has 1 heterocycles. The molecule has 0 radical (unpaired) electrons. The van der Waals surface area contributed by atoms with E-state index in [1.165, 1.54) is 0 Å². The maximum atomic E-state index is 11.3. The Morgan fingerprint density at radius 2 is 2.08 bits per heavy atom. The first-order valence-corrected chi connectivity index (χ1v) is 3.86. The first-order valence-electron chi connectivity index (χ1n) is 3.86. The fraction of sp³-hybridized carbons (Fsp3) is 0.714. The van der Waals surface area contributed by atoms with Crippen molar-refractivity contribution in [3.05, 3.63) is 0 Å². The van der Waals surface area contributed by atoms with E-state index >= 15 is 0 Å². The number of urea groups is 1. The summed E-state index contributed by atoms with van der Waals surface area (Å²) in [6.07, 6.45) is 0. The van der Waals surface area contributed by atoms with Crippen molar-refractivity contribution in [2.75, 3.05) is 13.3 Å². The van der Waals surface area contributed by atoms with Gasteiger partial charge in [0.15, 0.2) is 0 Å². The zero-order valence-electron chi connectivity index (χ0n) is 7.15. The standard InChI is InChI=1S/C7H12N2O3/c1-3-8-6(11)5(2)9(4-10)7(8)12/h5,10H,3-4H2,1-2H3. The number of nitrogens with zero attached hydrogens (tertiary/aromatic N) is 2. The molecule has 3 amide bonds. The average Bonchev–Trinajstić information content (AvgIpc) is 2.25. The van der Waals surface area contributed by atoms with Crippen molar-refractivity contribution in [3.63, 3.8) is 0 Å². The number of carbonyl (C=O) groups is 2. The Balaban J connectivity index is 2.85. The maximum Gasteiger partial charge on any atom is 0.329 e. The summed E-state index contributed by atoms with van der Waals surface area (Å²) in [5.74, 6) is -0.239. The first kappa shape index (κ1) is 8.99. The highest BCUT2D eigenvalue weighted by Gasteiger charge is 2.40. The molecular weight excluding hydrogens is 160 g/mol. The van der Waals surface area contributed by atoms with E-state index in [4.69, 9.17) is 5.11 Å². The van der Waals surface area contributed by atoms with Gasteiger partial charge in [-0.05, 0) is 13.8 Å². The zero-order valence-corrected chi connectivity index (χ0v) is 7.15. The van der Waals surface area contributed by atoms with Gasteiger partial charge in [0.2, 0.25) is 0 Å². The monoisotopic (exact) mass is 172 g/mol. The van der Waals surface area contributed by atoms with Crippen molar-refractivity contribution < 1.29 is 14.7 Å². The Bertz CT molecular complexity index is 217. The predicted octanol–water partition coefficient (Wildman–Crippen LogP) is -0.391. The molecule has 1 rings (SSSR count). The number of aliphatic hydroxyl groups is 1. The van der Waals surface area contributed by atoms with E-state index in [1.54, 1.807) is 13.8 Å². The largest absolute Gasteiger partial charge is 0.376 e. The van der Waals surface area contributed by atoms with E-state index in [1.807, 2.05) is 0 Å². The van der Waals surface area contributed by atoms with E-state index in [9.17, 15) is 9.59 Å². The number of aliphatic hydroxyl groups excluding tert-OH is 1. The quantitative estimate of drug-likeness (QED) is 0.577. The van der Waals surface area contributed by atoms with Crippen LogP contribution < -0.4 is 0 Å². The SMILES string of the molecule is CCN1C(=O)C(C)N(CO)C1=O. The van der Waals surface area contributed by atoms with E-state index in [2.05, 4.69) is 0 Å². The number of rotatable bonds is 2. The van der Waals surface area contributed by atoms with Gasteiger partial charge in [-0.3, -0.25) is 14.6 Å². The van der Waals surface area contributed by atoms with Crippen LogP contribution in [0.25, 0.3) is 0 Å². The van der Waals surface area contributed by atoms with Gasteiger partial charge in [0.1, 0.15) is 12.8 Å². The zero-order chi connectivity index (χ0) is 9.30. The van der Waals surface area contributed by atoms with E-state index in [0.29, 0.717) is 6.54 Å². The van der Waals surface area contributed by atoms with E-state index in [-0.39, 0.29) is 5.91 Å². The number of likely N-dealkylation sites (N-methyl/N-ethyl adjacent to an activating group) is 1. The van der Waals surface area contributed by atoms with Gasteiger partial charge in [-0.15, -0.1) is 0 Å². The Kier molecular flexibility index (Phi) is 2.32. The van der Waals surface area contributed by atoms with E-state index in [0.717, 1.165) is 9.80 Å². The van der Waals surface area contributed by atoms with E-state index < -0.39 is 18.8 Å². The highest BCUT2D eigenvalue weighted by atomic mass is 16.3. The van der Waals surface area contributed by atoms with Gasteiger partial charge in [0, 0.05) is 6.54 Å². The second-order valence-corrected chi connectivity index (χ2v) is 2.65. The second-order valence-electron chi connectivity index (χ2n) is 2.65. The summed E-state index contributed by atoms with van der Waals surface area (Å²) < 4.78 is 0. The van der Waals surface area contributed by atoms with Gasteiger partial charge in [0.25, 0.3) is 5.91 Å². The summed E-state index contributed by atoms with van der Waals surface area (Å²) in [7, 11) is 0. The lowest BCUT2D eigenvalue weighted by Gasteiger charge is -2.14. The summed E-state index contributed by atoms with van der Waals surface area (Å²) in [4.78, 5) is 24.8. The van der Waals surface area contributed by atoms with Crippen LogP contribution in [0.5, 0.6) is 0 Å². The van der Waals surface area contributed by atoms with Gasteiger partial charge < -0.3 is 5.11 Å². The summed E-state index contributed by atoms with van der Waals surface area (Å²) in [5, 5.41) is 8.76. The molecule has 0 aromatic carbocycles. The lowest BCUT2D eigenvalue weighted by molar-refractivity contribution is -0.128. The fourth-order valence-electron chi connectivity index (χ4n) is 1.25. The van der Waals surface area contributed by atoms with Gasteiger partial charge in [-0.2, -0.15) is 0 Å². The van der Waals surface area contributed by atoms with Gasteiger partial charge in [-0.25, -0.2) is 4.79 Å². The number of hydrogen-bond acceptors (Lipinski definition) is 3. The van der Waals surface area contributed by atoms with Crippen molar-refractivity contribution in [3.8, 4) is 0 Å². The molecule has 5 heteroatoms. The molecule has 68 valence electrons. The molecule has 1 saturated heterocycles. The average molecular weight is 172 g/mol. The highest BCUT2D eigenvalue weighted by Crippen LogP contribution is 2.15. The molecule has 1 N–H and O–H groups in total. The Morgan fingerprint density at radius 1 is 1.50 bits per heavy atom. The molecule has 0 aliphatic carbocycles. The molecule has 12 heavy (non-hydrogen) atoms. The van der Waals surface area contributed by atoms with Crippen LogP contribution in [-0.2, 0) is 4.79 Å². The molecule has 0 bridgehead atoms. The minimum atomic E-state index is -0.526. The minimum Gasteiger partial charge on any atom is -0.376 e. The van der Waals surface area contributed by atoms with Crippen LogP contribution in [0.3, 0.4) is 0 Å². The van der Waals surface area contributed by atoms with Gasteiger partial charge in [-0.1, -0.05) is 0 Å². The third-order valence-corrected chi connectivity index (χ3v) is 2.04. The van der Waals surface area contributed by atoms with Crippen LogP contribution in [-0.4, -0.2) is 46.2 Å². The fourth-order valence-corrected chi connectivity index (χ4v) is 1.25. The van der Waals surface area contributed by atoms with Crippen LogP contribution in [0.2, 0.25) is 0 Å². The Morgan fingerprint density at radius 3 is 2.33 bits per heavy atom. The molecule has 1 atom stereocenters. The molecule has 1 aliphatic heterocycles. The lowest BCUT2D eigenvalue weighted by atomic mass is 10.3. The summed E-state index contributed by atoms with van der Waals surface area (Å²) in [6.45, 7) is 3.29. The molecule has 5 nitrogen and oxygen atoms in total. The van der Waals surface area contributed by atoms with Crippen LogP contribution in [0.4, 0.5) is 4.79 Å². The van der Waals surface area contributed by atoms with Crippen molar-refractivity contribution in [1.82, 2.24) is 9.80 Å². The molecule has 1 aliphatic rings. The molecule has 1 unspecified atom stereocenters. The number of imide groups is 1. The highest BCUT2D eigenvalue weighted by molar-refractivity contribution is 6.03. The lowest BCUT2D eigenvalue weighted by Crippen LogP contribution is -2.34. The summed E-state index contributed by atoms with van der Waals surface area (Å²) in [5.41, 5.74) is 0. The van der Waals surface area contributed by atoms with Crippen LogP contribution in [0, 0.1) is 0 Å². The molecule has 0 spiro atoms. The number of hydrogen-bond donors (Lipinski definition) is 1. The molecular formula is C7H12N2O3. The molecule has 1 fully saturated rings. The Labute approximate surface area is 70.6 Å². The third-order valence-electron chi connectivity index (χ3n) is 2.04. The molecule has 0 aromatic heterocycles. The topological polar surface area (TPSA) is 60.9 Å². The van der Waals surface area contributed by atoms with Crippen molar-refractivity contribution in [2.24, 2.45) is 0 Å². The third kappa shape index (κ3) is 1.06. The van der Waals surface area contributed by atoms with Gasteiger partial charge in [0.05, 0.1) is 0 Å². The first-order chi connectivity index (χ1) is 5.63. The smallest absolute Gasteiger partial charge is 0.329 e. The van der Waals surface area contributed by atoms with Crippen molar-refractivity contribution in [2.45, 2.75) is 19.9 Å². The summed E-state index contributed by atoms with van der Waals surface area (Å²) >= 11 is 0. The van der Waals surface area contributed by atoms with Crippen molar-refractivity contribution >= 4 is 11.9 Å². The minimum absolute atomic E-state index is 0.239. The van der Waals surface area contributed by atoms with Crippen LogP contribution in [0.1, 0.15) is 13.8 Å². The van der Waals surface area contributed by atoms with Gasteiger partial charge >= 0.3 is 6.03 Å². The number of amides is 3. The summed E-state index contributed by atoms with van der Waals surface area (Å²) in [6, 6.07) is -0.931. The Hall–Kier alpha value is -1.10. The van der Waals surface area contributed by atoms with Crippen LogP contribution in [0.15, 0.2) is 0 Å². The van der Waals surface area contributed by atoms with Crippen molar-refractivity contribution in [1.29, 1.82) is 0 Å². The number of carbonyl (C=O) groups excluding carboxylic acids is 2. The normalized spacial score (nSPS) is 24.1.